The number of anilines is 1. The summed E-state index contributed by atoms with van der Waals surface area (Å²) in [5.74, 6) is 0.837. The van der Waals surface area contributed by atoms with Gasteiger partial charge in [0.1, 0.15) is 5.75 Å². The Hall–Kier alpha value is -1.59. The molecule has 2 aliphatic heterocycles. The Labute approximate surface area is 112 Å². The summed E-state index contributed by atoms with van der Waals surface area (Å²) in [6.45, 7) is 2.84. The van der Waals surface area contributed by atoms with E-state index in [0.29, 0.717) is 13.2 Å². The van der Waals surface area contributed by atoms with E-state index in [9.17, 15) is 10.0 Å². The molecule has 2 aliphatic rings. The number of ether oxygens (including phenoxy) is 1. The molecular weight excluding hydrogens is 244 g/mol. The molecular formula is C14H18N2O3. The highest BCUT2D eigenvalue weighted by Gasteiger charge is 2.34. The Morgan fingerprint density at radius 3 is 3.00 bits per heavy atom. The van der Waals surface area contributed by atoms with Gasteiger partial charge in [0, 0.05) is 26.9 Å². The predicted octanol–water partition coefficient (Wildman–Crippen LogP) is 1.74. The lowest BCUT2D eigenvalue weighted by molar-refractivity contribution is -0.118. The smallest absolute Gasteiger partial charge is 0.223 e. The van der Waals surface area contributed by atoms with E-state index in [1.807, 2.05) is 12.1 Å². The van der Waals surface area contributed by atoms with Gasteiger partial charge in [-0.1, -0.05) is 12.1 Å². The van der Waals surface area contributed by atoms with Crippen molar-refractivity contribution >= 4 is 11.6 Å². The van der Waals surface area contributed by atoms with Gasteiger partial charge in [0.15, 0.2) is 0 Å². The minimum atomic E-state index is -0.0832. The number of amides is 1. The maximum Gasteiger partial charge on any atom is 0.223 e. The average Bonchev–Trinajstić information content (AvgIpc) is 2.85. The highest BCUT2D eigenvalue weighted by atomic mass is 16.5. The average molecular weight is 262 g/mol. The topological polar surface area (TPSA) is 53.0 Å². The number of carbonyl (C=O) groups is 1. The zero-order valence-corrected chi connectivity index (χ0v) is 11.2. The number of benzene rings is 1. The van der Waals surface area contributed by atoms with Gasteiger partial charge >= 0.3 is 0 Å². The molecule has 2 heterocycles. The minimum Gasteiger partial charge on any atom is -0.491 e. The molecule has 3 rings (SSSR count). The van der Waals surface area contributed by atoms with Crippen LogP contribution in [0, 0.1) is 0 Å². The van der Waals surface area contributed by atoms with Crippen molar-refractivity contribution in [1.29, 1.82) is 0 Å². The first kappa shape index (κ1) is 12.4. The van der Waals surface area contributed by atoms with Crippen LogP contribution >= 0.6 is 0 Å². The number of hydrogen-bond acceptors (Lipinski definition) is 4. The third-order valence-corrected chi connectivity index (χ3v) is 3.95. The first-order valence-electron chi connectivity index (χ1n) is 6.58. The lowest BCUT2D eigenvalue weighted by Crippen LogP contribution is -2.38. The summed E-state index contributed by atoms with van der Waals surface area (Å²) in [5.41, 5.74) is 2.96. The molecule has 1 aromatic rings. The van der Waals surface area contributed by atoms with Crippen LogP contribution in [0.15, 0.2) is 12.1 Å². The van der Waals surface area contributed by atoms with Crippen LogP contribution in [0.4, 0.5) is 5.69 Å². The van der Waals surface area contributed by atoms with Gasteiger partial charge in [-0.05, 0) is 17.5 Å². The van der Waals surface area contributed by atoms with Gasteiger partial charge in [0.05, 0.1) is 18.3 Å². The number of fused-ring (bicyclic) bond motifs is 3. The number of hydroxylamine groups is 2. The Morgan fingerprint density at radius 2 is 2.32 bits per heavy atom. The van der Waals surface area contributed by atoms with E-state index in [4.69, 9.17) is 4.74 Å². The molecule has 5 heteroatoms. The second-order valence-electron chi connectivity index (χ2n) is 5.14. The second-order valence-corrected chi connectivity index (χ2v) is 5.14. The van der Waals surface area contributed by atoms with Crippen LogP contribution in [-0.4, -0.2) is 36.4 Å². The summed E-state index contributed by atoms with van der Waals surface area (Å²) in [6.07, 6.45) is 1.60. The summed E-state index contributed by atoms with van der Waals surface area (Å²) in [6, 6.07) is 3.97. The Morgan fingerprint density at radius 1 is 1.53 bits per heavy atom. The van der Waals surface area contributed by atoms with Crippen molar-refractivity contribution in [2.24, 2.45) is 0 Å². The molecule has 0 aliphatic carbocycles. The molecule has 1 aromatic carbocycles. The van der Waals surface area contributed by atoms with Gasteiger partial charge in [-0.2, -0.15) is 5.06 Å². The van der Waals surface area contributed by atoms with E-state index in [1.165, 1.54) is 5.06 Å². The quantitative estimate of drug-likeness (QED) is 0.783. The molecule has 1 amide bonds. The zero-order chi connectivity index (χ0) is 13.6. The van der Waals surface area contributed by atoms with Crippen LogP contribution in [0.25, 0.3) is 0 Å². The van der Waals surface area contributed by atoms with Gasteiger partial charge in [0.25, 0.3) is 0 Å². The highest BCUT2D eigenvalue weighted by molar-refractivity contribution is 5.95. The summed E-state index contributed by atoms with van der Waals surface area (Å²) < 4.78 is 5.71. The summed E-state index contributed by atoms with van der Waals surface area (Å²) in [7, 11) is 1.64. The molecule has 0 bridgehead atoms. The maximum absolute atomic E-state index is 11.8. The number of rotatable bonds is 1. The molecule has 0 spiro atoms. The Bertz CT molecular complexity index is 528. The molecule has 0 aromatic heterocycles. The molecule has 1 unspecified atom stereocenters. The van der Waals surface area contributed by atoms with Gasteiger partial charge in [0.2, 0.25) is 5.91 Å². The van der Waals surface area contributed by atoms with Crippen LogP contribution in [0.5, 0.6) is 5.75 Å². The fraction of sp³-hybridized carbons (Fsp3) is 0.500. The van der Waals surface area contributed by atoms with Crippen molar-refractivity contribution in [3.63, 3.8) is 0 Å². The summed E-state index contributed by atoms with van der Waals surface area (Å²) >= 11 is 0. The third-order valence-electron chi connectivity index (χ3n) is 3.95. The van der Waals surface area contributed by atoms with Crippen LogP contribution < -0.4 is 9.64 Å². The second kappa shape index (κ2) is 4.51. The fourth-order valence-corrected chi connectivity index (χ4v) is 3.02. The lowest BCUT2D eigenvalue weighted by atomic mass is 9.93. The first-order chi connectivity index (χ1) is 9.09. The van der Waals surface area contributed by atoms with E-state index in [-0.39, 0.29) is 11.9 Å². The summed E-state index contributed by atoms with van der Waals surface area (Å²) in [4.78, 5) is 13.6. The van der Waals surface area contributed by atoms with Gasteiger partial charge < -0.3 is 14.8 Å². The minimum absolute atomic E-state index is 0.0178. The van der Waals surface area contributed by atoms with Crippen LogP contribution in [0.3, 0.4) is 0 Å². The van der Waals surface area contributed by atoms with Gasteiger partial charge in [-0.3, -0.25) is 4.79 Å². The van der Waals surface area contributed by atoms with Crippen LogP contribution in [0.1, 0.15) is 30.5 Å². The van der Waals surface area contributed by atoms with E-state index in [0.717, 1.165) is 35.4 Å². The monoisotopic (exact) mass is 262 g/mol. The Kier molecular flexibility index (Phi) is 2.95. The standard InChI is InChI=1S/C14H18N2O3/c1-9(17)16-7-5-12(15(2)18)11-4-3-10-6-8-19-14(10)13(11)16/h3-4,12,18H,5-8H2,1-2H3. The number of nitrogens with zero attached hydrogens (tertiary/aromatic N) is 2. The van der Waals surface area contributed by atoms with Crippen molar-refractivity contribution in [2.75, 3.05) is 25.1 Å². The molecule has 0 saturated heterocycles. The molecule has 1 atom stereocenters. The normalized spacial score (nSPS) is 21.1. The van der Waals surface area contributed by atoms with E-state index in [1.54, 1.807) is 18.9 Å². The molecule has 0 fully saturated rings. The van der Waals surface area contributed by atoms with E-state index in [2.05, 4.69) is 0 Å². The van der Waals surface area contributed by atoms with Gasteiger partial charge in [-0.25, -0.2) is 0 Å². The third kappa shape index (κ3) is 1.89. The van der Waals surface area contributed by atoms with Gasteiger partial charge in [-0.15, -0.1) is 0 Å². The predicted molar refractivity (Wildman–Crippen MR) is 70.6 cm³/mol. The molecule has 5 nitrogen and oxygen atoms in total. The maximum atomic E-state index is 11.8. The largest absolute Gasteiger partial charge is 0.491 e. The lowest BCUT2D eigenvalue weighted by Gasteiger charge is -2.36. The molecule has 19 heavy (non-hydrogen) atoms. The number of hydrogen-bond donors (Lipinski definition) is 1. The Balaban J connectivity index is 2.17. The number of carbonyl (C=O) groups excluding carboxylic acids is 1. The van der Waals surface area contributed by atoms with Crippen molar-refractivity contribution in [3.8, 4) is 5.75 Å². The fourth-order valence-electron chi connectivity index (χ4n) is 3.02. The molecule has 1 N–H and O–H groups in total. The highest BCUT2D eigenvalue weighted by Crippen LogP contribution is 2.46. The molecule has 0 radical (unpaired) electrons. The molecule has 0 saturated carbocycles. The van der Waals surface area contributed by atoms with Crippen LogP contribution in [0.2, 0.25) is 0 Å². The van der Waals surface area contributed by atoms with Crippen molar-refractivity contribution in [1.82, 2.24) is 5.06 Å². The molecule has 102 valence electrons. The van der Waals surface area contributed by atoms with Crippen LogP contribution in [-0.2, 0) is 11.2 Å². The van der Waals surface area contributed by atoms with Crippen molar-refractivity contribution in [3.05, 3.63) is 23.3 Å². The first-order valence-corrected chi connectivity index (χ1v) is 6.58. The van der Waals surface area contributed by atoms with Crippen molar-refractivity contribution in [2.45, 2.75) is 25.8 Å². The van der Waals surface area contributed by atoms with E-state index < -0.39 is 0 Å². The SMILES string of the molecule is CC(=O)N1CCC(N(C)O)c2ccc3c(c21)OCC3. The van der Waals surface area contributed by atoms with E-state index >= 15 is 0 Å². The zero-order valence-electron chi connectivity index (χ0n) is 11.2. The van der Waals surface area contributed by atoms with Crippen molar-refractivity contribution < 1.29 is 14.7 Å². The summed E-state index contributed by atoms with van der Waals surface area (Å²) in [5, 5.41) is 11.0.